The highest BCUT2D eigenvalue weighted by atomic mass is 16.4. The molecule has 2 atom stereocenters. The third-order valence-electron chi connectivity index (χ3n) is 5.26. The summed E-state index contributed by atoms with van der Waals surface area (Å²) in [6.45, 7) is 0.00596. The van der Waals surface area contributed by atoms with Gasteiger partial charge < -0.3 is 15.1 Å². The summed E-state index contributed by atoms with van der Waals surface area (Å²) in [7, 11) is 1.51. The summed E-state index contributed by atoms with van der Waals surface area (Å²) < 4.78 is 0. The molecule has 0 aliphatic carbocycles. The molecule has 3 rings (SSSR count). The van der Waals surface area contributed by atoms with Crippen LogP contribution in [0.2, 0.25) is 0 Å². The molecule has 1 aliphatic rings. The van der Waals surface area contributed by atoms with E-state index in [4.69, 9.17) is 0 Å². The van der Waals surface area contributed by atoms with Crippen molar-refractivity contribution in [2.24, 2.45) is 5.92 Å². The van der Waals surface area contributed by atoms with Gasteiger partial charge in [0.2, 0.25) is 0 Å². The van der Waals surface area contributed by atoms with Crippen molar-refractivity contribution in [3.8, 4) is 0 Å². The molecule has 29 heavy (non-hydrogen) atoms. The number of carboxylic acid groups (broad SMARTS) is 2. The fraction of sp³-hybridized carbons (Fsp3) is 0.318. The summed E-state index contributed by atoms with van der Waals surface area (Å²) in [6, 6.07) is 15.2. The van der Waals surface area contributed by atoms with E-state index in [9.17, 15) is 24.6 Å². The molecule has 0 spiro atoms. The molecule has 1 heterocycles. The van der Waals surface area contributed by atoms with Gasteiger partial charge in [0.15, 0.2) is 0 Å². The van der Waals surface area contributed by atoms with Crippen LogP contribution in [0.15, 0.2) is 54.6 Å². The molecule has 152 valence electrons. The van der Waals surface area contributed by atoms with Gasteiger partial charge in [-0.1, -0.05) is 48.5 Å². The predicted molar refractivity (Wildman–Crippen MR) is 108 cm³/mol. The Bertz CT molecular complexity index is 899. The number of aliphatic carboxylic acids is 2. The number of fused-ring (bicyclic) bond motifs is 1. The summed E-state index contributed by atoms with van der Waals surface area (Å²) in [5.41, 5.74) is 2.39. The summed E-state index contributed by atoms with van der Waals surface area (Å²) in [5, 5.41) is 19.2. The number of benzene rings is 2. The number of hydrogen-bond donors (Lipinski definition) is 2. The Balaban J connectivity index is 1.72. The van der Waals surface area contributed by atoms with Gasteiger partial charge in [0, 0.05) is 25.7 Å². The second-order valence-corrected chi connectivity index (χ2v) is 7.28. The predicted octanol–water partition coefficient (Wildman–Crippen LogP) is 2.89. The van der Waals surface area contributed by atoms with E-state index in [0.29, 0.717) is 18.5 Å². The van der Waals surface area contributed by atoms with E-state index in [1.165, 1.54) is 16.8 Å². The van der Waals surface area contributed by atoms with Crippen LogP contribution in [0.3, 0.4) is 0 Å². The standard InChI is InChI=1S/C22H24N2O5/c1-23(14-17(20(25)26)12-11-15-7-3-2-4-8-15)22(29)24-18-10-6-5-9-16(18)13-19(24)21(27)28/h2-10,17,19H,11-14H2,1H3,(H,25,26)(H,27,28)/t17-,19+/m1/s1. The van der Waals surface area contributed by atoms with E-state index >= 15 is 0 Å². The summed E-state index contributed by atoms with van der Waals surface area (Å²) in [6.07, 6.45) is 1.21. The normalized spacial score (nSPS) is 16.2. The number of carboxylic acids is 2. The minimum absolute atomic E-state index is 0.00596. The number of anilines is 1. The van der Waals surface area contributed by atoms with Gasteiger partial charge in [-0.3, -0.25) is 9.69 Å². The van der Waals surface area contributed by atoms with Crippen LogP contribution in [0.4, 0.5) is 10.5 Å². The minimum atomic E-state index is -1.08. The van der Waals surface area contributed by atoms with Crippen LogP contribution in [0.25, 0.3) is 0 Å². The first-order valence-corrected chi connectivity index (χ1v) is 9.50. The second kappa shape index (κ2) is 8.77. The molecule has 7 nitrogen and oxygen atoms in total. The zero-order valence-corrected chi connectivity index (χ0v) is 16.2. The molecular weight excluding hydrogens is 372 g/mol. The van der Waals surface area contributed by atoms with Gasteiger partial charge in [-0.2, -0.15) is 0 Å². The first-order chi connectivity index (χ1) is 13.9. The average molecular weight is 396 g/mol. The quantitative estimate of drug-likeness (QED) is 0.750. The smallest absolute Gasteiger partial charge is 0.327 e. The number of carbonyl (C=O) groups is 3. The molecule has 2 N–H and O–H groups in total. The number of carbonyl (C=O) groups excluding carboxylic acids is 1. The molecule has 2 amide bonds. The monoisotopic (exact) mass is 396 g/mol. The topological polar surface area (TPSA) is 98.2 Å². The highest BCUT2D eigenvalue weighted by Gasteiger charge is 2.40. The van der Waals surface area contributed by atoms with E-state index in [0.717, 1.165) is 11.1 Å². The van der Waals surface area contributed by atoms with Gasteiger partial charge >= 0.3 is 18.0 Å². The lowest BCUT2D eigenvalue weighted by Crippen LogP contribution is -2.50. The van der Waals surface area contributed by atoms with Gasteiger partial charge in [-0.15, -0.1) is 0 Å². The van der Waals surface area contributed by atoms with E-state index < -0.39 is 29.9 Å². The molecule has 0 saturated heterocycles. The summed E-state index contributed by atoms with van der Waals surface area (Å²) in [5.74, 6) is -2.80. The van der Waals surface area contributed by atoms with E-state index in [1.807, 2.05) is 30.3 Å². The van der Waals surface area contributed by atoms with Gasteiger partial charge in [0.1, 0.15) is 6.04 Å². The largest absolute Gasteiger partial charge is 0.481 e. The molecule has 0 aromatic heterocycles. The number of para-hydroxylation sites is 1. The third kappa shape index (κ3) is 4.56. The van der Waals surface area contributed by atoms with Crippen LogP contribution in [0.5, 0.6) is 0 Å². The third-order valence-corrected chi connectivity index (χ3v) is 5.26. The molecule has 0 unspecified atom stereocenters. The lowest BCUT2D eigenvalue weighted by Gasteiger charge is -2.29. The minimum Gasteiger partial charge on any atom is -0.481 e. The van der Waals surface area contributed by atoms with Crippen LogP contribution in [-0.4, -0.2) is 52.7 Å². The van der Waals surface area contributed by atoms with Crippen molar-refractivity contribution in [2.75, 3.05) is 18.5 Å². The first kappa shape index (κ1) is 20.4. The zero-order chi connectivity index (χ0) is 21.0. The Labute approximate surface area is 169 Å². The fourth-order valence-electron chi connectivity index (χ4n) is 3.69. The maximum atomic E-state index is 13.1. The van der Waals surface area contributed by atoms with E-state index in [-0.39, 0.29) is 13.0 Å². The van der Waals surface area contributed by atoms with Crippen LogP contribution < -0.4 is 4.90 Å². The number of aryl methyl sites for hydroxylation is 1. The van der Waals surface area contributed by atoms with Crippen molar-refractivity contribution >= 4 is 23.7 Å². The molecule has 2 aromatic carbocycles. The number of amides is 2. The van der Waals surface area contributed by atoms with Gasteiger partial charge in [-0.25, -0.2) is 9.59 Å². The zero-order valence-electron chi connectivity index (χ0n) is 16.2. The Morgan fingerprint density at radius 3 is 2.38 bits per heavy atom. The van der Waals surface area contributed by atoms with Crippen LogP contribution >= 0.6 is 0 Å². The Hall–Kier alpha value is -3.35. The van der Waals surface area contributed by atoms with Gasteiger partial charge in [-0.05, 0) is 30.0 Å². The molecule has 0 bridgehead atoms. The summed E-state index contributed by atoms with van der Waals surface area (Å²) >= 11 is 0. The van der Waals surface area contributed by atoms with Gasteiger partial charge in [0.25, 0.3) is 0 Å². The Morgan fingerprint density at radius 1 is 1.07 bits per heavy atom. The highest BCUT2D eigenvalue weighted by Crippen LogP contribution is 2.33. The maximum absolute atomic E-state index is 13.1. The number of hydrogen-bond acceptors (Lipinski definition) is 3. The van der Waals surface area contributed by atoms with Crippen molar-refractivity contribution in [3.63, 3.8) is 0 Å². The molecule has 0 saturated carbocycles. The number of nitrogens with zero attached hydrogens (tertiary/aromatic N) is 2. The highest BCUT2D eigenvalue weighted by molar-refractivity contribution is 6.01. The van der Waals surface area contributed by atoms with Gasteiger partial charge in [0.05, 0.1) is 5.92 Å². The van der Waals surface area contributed by atoms with Crippen molar-refractivity contribution in [2.45, 2.75) is 25.3 Å². The van der Waals surface area contributed by atoms with Crippen LogP contribution in [-0.2, 0) is 22.4 Å². The lowest BCUT2D eigenvalue weighted by molar-refractivity contribution is -0.142. The lowest BCUT2D eigenvalue weighted by atomic mass is 9.99. The van der Waals surface area contributed by atoms with Crippen molar-refractivity contribution in [1.29, 1.82) is 0 Å². The molecule has 0 fully saturated rings. The average Bonchev–Trinajstić information content (AvgIpc) is 3.10. The molecular formula is C22H24N2O5. The molecule has 0 radical (unpaired) electrons. The van der Waals surface area contributed by atoms with Crippen LogP contribution in [0, 0.1) is 5.92 Å². The van der Waals surface area contributed by atoms with E-state index in [1.54, 1.807) is 24.3 Å². The van der Waals surface area contributed by atoms with E-state index in [2.05, 4.69) is 0 Å². The fourth-order valence-corrected chi connectivity index (χ4v) is 3.69. The number of rotatable bonds is 7. The Morgan fingerprint density at radius 2 is 1.72 bits per heavy atom. The van der Waals surface area contributed by atoms with Crippen LogP contribution in [0.1, 0.15) is 17.5 Å². The SMILES string of the molecule is CN(C[C@@H](CCc1ccccc1)C(=O)O)C(=O)N1c2ccccc2C[C@H]1C(=O)O. The van der Waals surface area contributed by atoms with Crippen molar-refractivity contribution in [3.05, 3.63) is 65.7 Å². The maximum Gasteiger partial charge on any atom is 0.327 e. The first-order valence-electron chi connectivity index (χ1n) is 9.50. The molecule has 2 aromatic rings. The molecule has 7 heteroatoms. The number of urea groups is 1. The summed E-state index contributed by atoms with van der Waals surface area (Å²) in [4.78, 5) is 39.0. The molecule has 1 aliphatic heterocycles. The second-order valence-electron chi connectivity index (χ2n) is 7.28. The Kier molecular flexibility index (Phi) is 6.16. The van der Waals surface area contributed by atoms with Crippen molar-refractivity contribution < 1.29 is 24.6 Å². The van der Waals surface area contributed by atoms with Crippen molar-refractivity contribution in [1.82, 2.24) is 4.90 Å².